The maximum absolute atomic E-state index is 13.5. The van der Waals surface area contributed by atoms with E-state index < -0.39 is 11.7 Å². The summed E-state index contributed by atoms with van der Waals surface area (Å²) in [6.45, 7) is 4.09. The van der Waals surface area contributed by atoms with Crippen molar-refractivity contribution in [3.05, 3.63) is 71.4 Å². The van der Waals surface area contributed by atoms with Gasteiger partial charge in [-0.15, -0.1) is 0 Å². The summed E-state index contributed by atoms with van der Waals surface area (Å²) in [5.74, 6) is -0.183. The summed E-state index contributed by atoms with van der Waals surface area (Å²) in [7, 11) is 0. The molecule has 3 aromatic rings. The molecule has 0 aliphatic carbocycles. The summed E-state index contributed by atoms with van der Waals surface area (Å²) < 4.78 is 40.6. The zero-order chi connectivity index (χ0) is 22.3. The van der Waals surface area contributed by atoms with Gasteiger partial charge in [-0.3, -0.25) is 0 Å². The largest absolute Gasteiger partial charge is 0.421 e. The lowest BCUT2D eigenvalue weighted by molar-refractivity contribution is -0.137. The Kier molecular flexibility index (Phi) is 7.50. The molecule has 3 rings (SSSR count). The first-order chi connectivity index (χ1) is 14.8. The van der Waals surface area contributed by atoms with Crippen LogP contribution in [0.2, 0.25) is 0 Å². The van der Waals surface area contributed by atoms with Crippen molar-refractivity contribution in [2.45, 2.75) is 52.1 Å². The molecule has 2 aromatic carbocycles. The predicted molar refractivity (Wildman–Crippen MR) is 119 cm³/mol. The van der Waals surface area contributed by atoms with Crippen LogP contribution in [0.25, 0.3) is 0 Å². The number of benzene rings is 2. The maximum Gasteiger partial charge on any atom is 0.421 e. The summed E-state index contributed by atoms with van der Waals surface area (Å²) in [5, 5.41) is 5.82. The van der Waals surface area contributed by atoms with Gasteiger partial charge >= 0.3 is 6.18 Å². The van der Waals surface area contributed by atoms with Gasteiger partial charge in [0.25, 0.3) is 0 Å². The zero-order valence-corrected chi connectivity index (χ0v) is 17.8. The molecule has 0 atom stereocenters. The van der Waals surface area contributed by atoms with Crippen molar-refractivity contribution in [3.8, 4) is 0 Å². The highest BCUT2D eigenvalue weighted by molar-refractivity contribution is 5.63. The van der Waals surface area contributed by atoms with Crippen LogP contribution < -0.4 is 10.6 Å². The average Bonchev–Trinajstić information content (AvgIpc) is 2.71. The molecule has 0 amide bonds. The van der Waals surface area contributed by atoms with Crippen LogP contribution in [0.5, 0.6) is 0 Å². The molecular formula is C24H27F3N4. The van der Waals surface area contributed by atoms with E-state index in [4.69, 9.17) is 0 Å². The summed E-state index contributed by atoms with van der Waals surface area (Å²) >= 11 is 0. The van der Waals surface area contributed by atoms with E-state index in [1.165, 1.54) is 6.42 Å². The summed E-state index contributed by atoms with van der Waals surface area (Å²) in [6, 6.07) is 14.9. The minimum absolute atomic E-state index is 0.0943. The second-order valence-electron chi connectivity index (χ2n) is 7.58. The van der Waals surface area contributed by atoms with Gasteiger partial charge < -0.3 is 10.6 Å². The highest BCUT2D eigenvalue weighted by Crippen LogP contribution is 2.35. The van der Waals surface area contributed by atoms with Crippen LogP contribution >= 0.6 is 0 Å². The van der Waals surface area contributed by atoms with E-state index >= 15 is 0 Å². The highest BCUT2D eigenvalue weighted by Gasteiger charge is 2.35. The molecule has 0 saturated heterocycles. The molecule has 2 N–H and O–H groups in total. The summed E-state index contributed by atoms with van der Waals surface area (Å²) in [5.41, 5.74) is 2.47. The number of hydrogen-bond donors (Lipinski definition) is 2. The first kappa shape index (κ1) is 22.6. The SMILES string of the molecule is CCCCCCc1cccc(Nc2nc(Nc3cccc(C)c3)ncc2C(F)(F)F)c1. The lowest BCUT2D eigenvalue weighted by atomic mass is 10.1. The quantitative estimate of drug-likeness (QED) is 0.348. The molecule has 0 aliphatic heterocycles. The fourth-order valence-corrected chi connectivity index (χ4v) is 3.29. The van der Waals surface area contributed by atoms with E-state index in [9.17, 15) is 13.2 Å². The van der Waals surface area contributed by atoms with Gasteiger partial charge in [0, 0.05) is 17.6 Å². The van der Waals surface area contributed by atoms with Crippen LogP contribution in [0.4, 0.5) is 36.3 Å². The second-order valence-corrected chi connectivity index (χ2v) is 7.58. The number of nitrogens with zero attached hydrogens (tertiary/aromatic N) is 2. The Hall–Kier alpha value is -3.09. The van der Waals surface area contributed by atoms with Crippen molar-refractivity contribution in [2.24, 2.45) is 0 Å². The van der Waals surface area contributed by atoms with E-state index in [1.54, 1.807) is 6.07 Å². The van der Waals surface area contributed by atoms with E-state index in [1.807, 2.05) is 49.4 Å². The number of unbranched alkanes of at least 4 members (excludes halogenated alkanes) is 3. The average molecular weight is 429 g/mol. The van der Waals surface area contributed by atoms with Gasteiger partial charge in [-0.1, -0.05) is 50.5 Å². The smallest absolute Gasteiger partial charge is 0.340 e. The Labute approximate surface area is 181 Å². The number of nitrogens with one attached hydrogen (secondary N) is 2. The number of anilines is 4. The Morgan fingerprint density at radius 2 is 1.65 bits per heavy atom. The Morgan fingerprint density at radius 3 is 2.35 bits per heavy atom. The number of hydrogen-bond acceptors (Lipinski definition) is 4. The van der Waals surface area contributed by atoms with Crippen molar-refractivity contribution >= 4 is 23.1 Å². The van der Waals surface area contributed by atoms with Gasteiger partial charge in [-0.2, -0.15) is 18.2 Å². The predicted octanol–water partition coefficient (Wildman–Crippen LogP) is 7.41. The van der Waals surface area contributed by atoms with Crippen LogP contribution in [0.15, 0.2) is 54.7 Å². The second kappa shape index (κ2) is 10.3. The fraction of sp³-hybridized carbons (Fsp3) is 0.333. The molecule has 164 valence electrons. The number of rotatable bonds is 9. The van der Waals surface area contributed by atoms with Crippen molar-refractivity contribution in [2.75, 3.05) is 10.6 Å². The number of aromatic nitrogens is 2. The van der Waals surface area contributed by atoms with Crippen LogP contribution in [-0.4, -0.2) is 9.97 Å². The van der Waals surface area contributed by atoms with Gasteiger partial charge in [-0.05, 0) is 55.2 Å². The molecule has 1 heterocycles. The molecule has 0 bridgehead atoms. The third kappa shape index (κ3) is 6.70. The number of halogens is 3. The zero-order valence-electron chi connectivity index (χ0n) is 17.8. The van der Waals surface area contributed by atoms with Crippen LogP contribution in [0.1, 0.15) is 49.3 Å². The van der Waals surface area contributed by atoms with Gasteiger partial charge in [0.05, 0.1) is 0 Å². The molecule has 7 heteroatoms. The topological polar surface area (TPSA) is 49.8 Å². The molecule has 1 aromatic heterocycles. The maximum atomic E-state index is 13.5. The lowest BCUT2D eigenvalue weighted by Crippen LogP contribution is -2.12. The number of aryl methyl sites for hydroxylation is 2. The van der Waals surface area contributed by atoms with E-state index in [-0.39, 0.29) is 11.8 Å². The number of alkyl halides is 3. The molecule has 31 heavy (non-hydrogen) atoms. The highest BCUT2D eigenvalue weighted by atomic mass is 19.4. The standard InChI is InChI=1S/C24H27F3N4/c1-3-4-5-6-10-18-11-8-13-20(15-18)29-22-21(24(25,26)27)16-28-23(31-22)30-19-12-7-9-17(2)14-19/h7-9,11-16H,3-6,10H2,1-2H3,(H2,28,29,30,31). The summed E-state index contributed by atoms with van der Waals surface area (Å²) in [6.07, 6.45) is 1.68. The minimum Gasteiger partial charge on any atom is -0.340 e. The molecule has 0 unspecified atom stereocenters. The third-order valence-electron chi connectivity index (χ3n) is 4.88. The van der Waals surface area contributed by atoms with Crippen LogP contribution in [-0.2, 0) is 12.6 Å². The third-order valence-corrected chi connectivity index (χ3v) is 4.88. The molecular weight excluding hydrogens is 401 g/mol. The van der Waals surface area contributed by atoms with Crippen LogP contribution in [0, 0.1) is 6.92 Å². The molecule has 0 saturated carbocycles. The minimum atomic E-state index is -4.57. The summed E-state index contributed by atoms with van der Waals surface area (Å²) in [4.78, 5) is 7.99. The van der Waals surface area contributed by atoms with E-state index in [0.29, 0.717) is 11.4 Å². The Morgan fingerprint density at radius 1 is 0.903 bits per heavy atom. The van der Waals surface area contributed by atoms with E-state index in [2.05, 4.69) is 27.5 Å². The molecule has 4 nitrogen and oxygen atoms in total. The monoisotopic (exact) mass is 428 g/mol. The van der Waals surface area contributed by atoms with Crippen LogP contribution in [0.3, 0.4) is 0 Å². The lowest BCUT2D eigenvalue weighted by Gasteiger charge is -2.15. The van der Waals surface area contributed by atoms with Crippen molar-refractivity contribution < 1.29 is 13.2 Å². The molecule has 0 radical (unpaired) electrons. The van der Waals surface area contributed by atoms with Gasteiger partial charge in [0.2, 0.25) is 5.95 Å². The first-order valence-electron chi connectivity index (χ1n) is 10.5. The first-order valence-corrected chi connectivity index (χ1v) is 10.5. The van der Waals surface area contributed by atoms with Gasteiger partial charge in [0.1, 0.15) is 11.4 Å². The van der Waals surface area contributed by atoms with Crippen molar-refractivity contribution in [3.63, 3.8) is 0 Å². The normalized spacial score (nSPS) is 11.4. The Bertz CT molecular complexity index is 1000. The van der Waals surface area contributed by atoms with E-state index in [0.717, 1.165) is 43.0 Å². The van der Waals surface area contributed by atoms with Gasteiger partial charge in [-0.25, -0.2) is 4.98 Å². The Balaban J connectivity index is 1.83. The van der Waals surface area contributed by atoms with Crippen molar-refractivity contribution in [1.82, 2.24) is 9.97 Å². The van der Waals surface area contributed by atoms with Gasteiger partial charge in [0.15, 0.2) is 0 Å². The molecule has 0 fully saturated rings. The molecule has 0 aliphatic rings. The van der Waals surface area contributed by atoms with Crippen molar-refractivity contribution in [1.29, 1.82) is 0 Å². The fourth-order valence-electron chi connectivity index (χ4n) is 3.29. The molecule has 0 spiro atoms.